The summed E-state index contributed by atoms with van der Waals surface area (Å²) in [5, 5.41) is 4.52. The first kappa shape index (κ1) is 16.7. The predicted molar refractivity (Wildman–Crippen MR) is 80.3 cm³/mol. The maximum atomic E-state index is 10.9. The molecule has 19 heavy (non-hydrogen) atoms. The quantitative estimate of drug-likeness (QED) is 0.758. The largest absolute Gasteiger partial charge is 0.310 e. The normalized spacial score (nSPS) is 13.5. The van der Waals surface area contributed by atoms with Gasteiger partial charge in [-0.2, -0.15) is 0 Å². The lowest BCUT2D eigenvalue weighted by atomic mass is 10.1. The van der Waals surface area contributed by atoms with Crippen LogP contribution in [0.4, 0.5) is 0 Å². The van der Waals surface area contributed by atoms with Crippen LogP contribution < -0.4 is 10.0 Å². The van der Waals surface area contributed by atoms with Gasteiger partial charge < -0.3 is 5.32 Å². The summed E-state index contributed by atoms with van der Waals surface area (Å²) in [5.74, 6) is 0. The Balaban J connectivity index is 2.37. The third-order valence-corrected chi connectivity index (χ3v) is 3.89. The van der Waals surface area contributed by atoms with Crippen LogP contribution in [0.15, 0.2) is 18.2 Å². The molecule has 0 amide bonds. The van der Waals surface area contributed by atoms with Gasteiger partial charge in [0.15, 0.2) is 0 Å². The van der Waals surface area contributed by atoms with Crippen molar-refractivity contribution in [2.24, 2.45) is 0 Å². The molecule has 0 radical (unpaired) electrons. The fourth-order valence-electron chi connectivity index (χ4n) is 1.63. The highest BCUT2D eigenvalue weighted by Gasteiger charge is 2.09. The number of hydrogen-bond acceptors (Lipinski definition) is 3. The topological polar surface area (TPSA) is 58.2 Å². The summed E-state index contributed by atoms with van der Waals surface area (Å²) in [4.78, 5) is 0. The monoisotopic (exact) mass is 324 g/mol. The number of nitrogens with one attached hydrogen (secondary N) is 2. The van der Waals surface area contributed by atoms with Crippen LogP contribution in [0.3, 0.4) is 0 Å². The van der Waals surface area contributed by atoms with E-state index in [2.05, 4.69) is 10.0 Å². The molecule has 1 rings (SSSR count). The fourth-order valence-corrected chi connectivity index (χ4v) is 2.71. The van der Waals surface area contributed by atoms with Crippen molar-refractivity contribution < 1.29 is 8.42 Å². The van der Waals surface area contributed by atoms with Crippen LogP contribution in [0.1, 0.15) is 24.9 Å². The van der Waals surface area contributed by atoms with Gasteiger partial charge in [0.25, 0.3) is 0 Å². The van der Waals surface area contributed by atoms with Crippen LogP contribution in [0.5, 0.6) is 0 Å². The van der Waals surface area contributed by atoms with Crippen LogP contribution in [-0.2, 0) is 10.0 Å². The van der Waals surface area contributed by atoms with Crippen LogP contribution in [0.2, 0.25) is 10.0 Å². The van der Waals surface area contributed by atoms with Gasteiger partial charge in [-0.1, -0.05) is 29.3 Å². The van der Waals surface area contributed by atoms with Gasteiger partial charge >= 0.3 is 0 Å². The highest BCUT2D eigenvalue weighted by atomic mass is 35.5. The molecule has 0 spiro atoms. The summed E-state index contributed by atoms with van der Waals surface area (Å²) < 4.78 is 24.2. The second-order valence-corrected chi connectivity index (χ2v) is 7.04. The molecule has 2 N–H and O–H groups in total. The number of sulfonamides is 1. The van der Waals surface area contributed by atoms with E-state index in [1.807, 2.05) is 13.0 Å². The number of halogens is 2. The first-order valence-electron chi connectivity index (χ1n) is 5.92. The van der Waals surface area contributed by atoms with E-state index in [0.717, 1.165) is 11.8 Å². The maximum absolute atomic E-state index is 10.9. The van der Waals surface area contributed by atoms with Gasteiger partial charge in [-0.05, 0) is 37.6 Å². The lowest BCUT2D eigenvalue weighted by molar-refractivity contribution is 0.548. The Morgan fingerprint density at radius 2 is 1.95 bits per heavy atom. The number of hydrogen-bond donors (Lipinski definition) is 2. The molecular weight excluding hydrogens is 307 g/mol. The molecule has 0 aliphatic heterocycles. The molecule has 7 heteroatoms. The summed E-state index contributed by atoms with van der Waals surface area (Å²) >= 11 is 11.9. The van der Waals surface area contributed by atoms with Crippen molar-refractivity contribution in [1.82, 2.24) is 10.0 Å². The van der Waals surface area contributed by atoms with E-state index in [1.165, 1.54) is 0 Å². The van der Waals surface area contributed by atoms with Crippen LogP contribution in [-0.4, -0.2) is 27.8 Å². The van der Waals surface area contributed by atoms with E-state index in [0.29, 0.717) is 29.6 Å². The Morgan fingerprint density at radius 1 is 1.26 bits per heavy atom. The van der Waals surface area contributed by atoms with E-state index in [9.17, 15) is 8.42 Å². The van der Waals surface area contributed by atoms with E-state index >= 15 is 0 Å². The van der Waals surface area contributed by atoms with Gasteiger partial charge in [0, 0.05) is 22.6 Å². The SMILES string of the molecule is CC(NCCCNS(C)(=O)=O)c1ccc(Cl)cc1Cl. The second kappa shape index (κ2) is 7.45. The third-order valence-electron chi connectivity index (χ3n) is 2.60. The molecule has 0 fully saturated rings. The molecule has 1 atom stereocenters. The minimum atomic E-state index is -3.10. The van der Waals surface area contributed by atoms with Crippen molar-refractivity contribution in [2.75, 3.05) is 19.3 Å². The molecule has 1 aromatic carbocycles. The molecule has 4 nitrogen and oxygen atoms in total. The Labute approximate surface area is 124 Å². The lowest BCUT2D eigenvalue weighted by Crippen LogP contribution is -2.27. The Kier molecular flexibility index (Phi) is 6.56. The molecule has 0 bridgehead atoms. The average Bonchev–Trinajstić information content (AvgIpc) is 2.26. The van der Waals surface area contributed by atoms with E-state index in [-0.39, 0.29) is 6.04 Å². The molecule has 0 saturated heterocycles. The smallest absolute Gasteiger partial charge is 0.208 e. The third kappa shape index (κ3) is 6.58. The number of rotatable bonds is 7. The number of benzene rings is 1. The van der Waals surface area contributed by atoms with E-state index in [1.54, 1.807) is 12.1 Å². The average molecular weight is 325 g/mol. The lowest BCUT2D eigenvalue weighted by Gasteiger charge is -2.15. The van der Waals surface area contributed by atoms with Gasteiger partial charge in [-0.3, -0.25) is 0 Å². The molecule has 108 valence electrons. The first-order chi connectivity index (χ1) is 8.79. The van der Waals surface area contributed by atoms with Gasteiger partial charge in [0.2, 0.25) is 10.0 Å². The first-order valence-corrected chi connectivity index (χ1v) is 8.57. The van der Waals surface area contributed by atoms with Crippen molar-refractivity contribution >= 4 is 33.2 Å². The van der Waals surface area contributed by atoms with Gasteiger partial charge in [0.1, 0.15) is 0 Å². The van der Waals surface area contributed by atoms with Crippen molar-refractivity contribution in [3.05, 3.63) is 33.8 Å². The molecule has 0 aromatic heterocycles. The van der Waals surface area contributed by atoms with E-state index in [4.69, 9.17) is 23.2 Å². The zero-order valence-electron chi connectivity index (χ0n) is 10.9. The van der Waals surface area contributed by atoms with Crippen molar-refractivity contribution in [3.8, 4) is 0 Å². The zero-order chi connectivity index (χ0) is 14.5. The second-order valence-electron chi connectivity index (χ2n) is 4.36. The minimum absolute atomic E-state index is 0.0861. The Hall–Kier alpha value is -0.330. The standard InChI is InChI=1S/C12H18Cl2N2O2S/c1-9(11-5-4-10(13)8-12(11)14)15-6-3-7-16-19(2,17)18/h4-5,8-9,15-16H,3,6-7H2,1-2H3. The summed E-state index contributed by atoms with van der Waals surface area (Å²) in [7, 11) is -3.10. The molecule has 0 saturated carbocycles. The van der Waals surface area contributed by atoms with Crippen molar-refractivity contribution in [3.63, 3.8) is 0 Å². The summed E-state index contributed by atoms with van der Waals surface area (Å²) in [6.45, 7) is 3.12. The summed E-state index contributed by atoms with van der Waals surface area (Å²) in [6, 6.07) is 5.48. The highest BCUT2D eigenvalue weighted by molar-refractivity contribution is 7.88. The molecule has 1 aromatic rings. The van der Waals surface area contributed by atoms with Crippen LogP contribution in [0.25, 0.3) is 0 Å². The Bertz CT molecular complexity index is 520. The van der Waals surface area contributed by atoms with Crippen LogP contribution in [0, 0.1) is 0 Å². The van der Waals surface area contributed by atoms with Gasteiger partial charge in [0.05, 0.1) is 6.26 Å². The summed E-state index contributed by atoms with van der Waals surface area (Å²) in [5.41, 5.74) is 0.974. The molecule has 0 heterocycles. The predicted octanol–water partition coefficient (Wildman–Crippen LogP) is 2.58. The van der Waals surface area contributed by atoms with Crippen molar-refractivity contribution in [2.45, 2.75) is 19.4 Å². The minimum Gasteiger partial charge on any atom is -0.310 e. The molecular formula is C12H18Cl2N2O2S. The molecule has 0 aliphatic carbocycles. The van der Waals surface area contributed by atoms with Gasteiger partial charge in [-0.15, -0.1) is 0 Å². The Morgan fingerprint density at radius 3 is 2.53 bits per heavy atom. The zero-order valence-corrected chi connectivity index (χ0v) is 13.2. The van der Waals surface area contributed by atoms with Crippen LogP contribution >= 0.6 is 23.2 Å². The molecule has 0 aliphatic rings. The van der Waals surface area contributed by atoms with Crippen molar-refractivity contribution in [1.29, 1.82) is 0 Å². The molecule has 1 unspecified atom stereocenters. The van der Waals surface area contributed by atoms with E-state index < -0.39 is 10.0 Å². The fraction of sp³-hybridized carbons (Fsp3) is 0.500. The summed E-state index contributed by atoms with van der Waals surface area (Å²) in [6.07, 6.45) is 1.86. The highest BCUT2D eigenvalue weighted by Crippen LogP contribution is 2.25. The maximum Gasteiger partial charge on any atom is 0.208 e. The van der Waals surface area contributed by atoms with Gasteiger partial charge in [-0.25, -0.2) is 13.1 Å².